The summed E-state index contributed by atoms with van der Waals surface area (Å²) < 4.78 is 0. The molecule has 9 heavy (non-hydrogen) atoms. The number of hydrogen-bond donors (Lipinski definition) is 0. The maximum absolute atomic E-state index is 8.50. The second kappa shape index (κ2) is 1.91. The lowest BCUT2D eigenvalue weighted by molar-refractivity contribution is 0.570. The van der Waals surface area contributed by atoms with Crippen LogP contribution in [0.4, 0.5) is 0 Å². The van der Waals surface area contributed by atoms with E-state index in [1.165, 1.54) is 0 Å². The summed E-state index contributed by atoms with van der Waals surface area (Å²) in [5.74, 6) is 0. The van der Waals surface area contributed by atoms with Crippen molar-refractivity contribution < 1.29 is 0 Å². The summed E-state index contributed by atoms with van der Waals surface area (Å²) in [7, 11) is 0. The maximum atomic E-state index is 8.50. The van der Waals surface area contributed by atoms with E-state index in [0.717, 1.165) is 0 Å². The van der Waals surface area contributed by atoms with Crippen molar-refractivity contribution >= 4 is 0 Å². The molecule has 44 valence electrons. The SMILES string of the molecule is N#CC1(C#N)CC=CC1. The minimum atomic E-state index is -0.722. The van der Waals surface area contributed by atoms with E-state index in [1.54, 1.807) is 0 Å². The molecule has 1 rings (SSSR count). The molecule has 0 spiro atoms. The molecular formula is C7H6N2. The Hall–Kier alpha value is -1.28. The molecule has 0 fully saturated rings. The van der Waals surface area contributed by atoms with Crippen molar-refractivity contribution in [1.29, 1.82) is 10.5 Å². The van der Waals surface area contributed by atoms with Gasteiger partial charge < -0.3 is 0 Å². The highest BCUT2D eigenvalue weighted by atomic mass is 14.4. The average molecular weight is 118 g/mol. The van der Waals surface area contributed by atoms with Gasteiger partial charge >= 0.3 is 0 Å². The van der Waals surface area contributed by atoms with E-state index in [1.807, 2.05) is 24.3 Å². The van der Waals surface area contributed by atoms with Crippen molar-refractivity contribution in [2.24, 2.45) is 5.41 Å². The van der Waals surface area contributed by atoms with Crippen molar-refractivity contribution in [3.8, 4) is 12.1 Å². The van der Waals surface area contributed by atoms with E-state index in [0.29, 0.717) is 12.8 Å². The van der Waals surface area contributed by atoms with Crippen LogP contribution in [0, 0.1) is 28.1 Å². The van der Waals surface area contributed by atoms with Crippen LogP contribution < -0.4 is 0 Å². The summed E-state index contributed by atoms with van der Waals surface area (Å²) in [6.07, 6.45) is 4.96. The van der Waals surface area contributed by atoms with Crippen LogP contribution in [0.2, 0.25) is 0 Å². The lowest BCUT2D eigenvalue weighted by Gasteiger charge is -2.06. The van der Waals surface area contributed by atoms with Crippen molar-refractivity contribution in [2.45, 2.75) is 12.8 Å². The second-order valence-corrected chi connectivity index (χ2v) is 2.19. The van der Waals surface area contributed by atoms with Gasteiger partial charge in [0.25, 0.3) is 0 Å². The molecule has 0 aromatic rings. The number of nitriles is 2. The Morgan fingerprint density at radius 2 is 1.56 bits per heavy atom. The zero-order valence-corrected chi connectivity index (χ0v) is 4.96. The third kappa shape index (κ3) is 0.795. The van der Waals surface area contributed by atoms with E-state index in [-0.39, 0.29) is 0 Å². The van der Waals surface area contributed by atoms with Gasteiger partial charge in [0.1, 0.15) is 0 Å². The van der Waals surface area contributed by atoms with Gasteiger partial charge in [-0.05, 0) is 12.8 Å². The maximum Gasteiger partial charge on any atom is 0.150 e. The smallest absolute Gasteiger partial charge is 0.150 e. The first kappa shape index (κ1) is 5.85. The van der Waals surface area contributed by atoms with Gasteiger partial charge in [-0.25, -0.2) is 0 Å². The first-order valence-corrected chi connectivity index (χ1v) is 2.80. The summed E-state index contributed by atoms with van der Waals surface area (Å²) in [5, 5.41) is 17.0. The van der Waals surface area contributed by atoms with Crippen LogP contribution in [0.3, 0.4) is 0 Å². The van der Waals surface area contributed by atoms with Crippen molar-refractivity contribution in [1.82, 2.24) is 0 Å². The molecule has 0 N–H and O–H groups in total. The average Bonchev–Trinajstić information content (AvgIpc) is 2.36. The van der Waals surface area contributed by atoms with Gasteiger partial charge in [-0.3, -0.25) is 0 Å². The van der Waals surface area contributed by atoms with Gasteiger partial charge in [0.15, 0.2) is 5.41 Å². The Bertz CT molecular complexity index is 190. The normalized spacial score (nSPS) is 20.7. The first-order chi connectivity index (χ1) is 4.33. The minimum Gasteiger partial charge on any atom is -0.197 e. The second-order valence-electron chi connectivity index (χ2n) is 2.19. The standard InChI is InChI=1S/C7H6N2/c8-5-7(6-9)3-1-2-4-7/h1-2H,3-4H2. The van der Waals surface area contributed by atoms with E-state index in [9.17, 15) is 0 Å². The molecular weight excluding hydrogens is 112 g/mol. The minimum absolute atomic E-state index is 0.597. The van der Waals surface area contributed by atoms with Crippen molar-refractivity contribution in [2.75, 3.05) is 0 Å². The molecule has 0 radical (unpaired) electrons. The zero-order valence-electron chi connectivity index (χ0n) is 4.96. The van der Waals surface area contributed by atoms with Gasteiger partial charge in [-0.15, -0.1) is 0 Å². The van der Waals surface area contributed by atoms with Crippen LogP contribution in [0.5, 0.6) is 0 Å². The number of rotatable bonds is 0. The Labute approximate surface area is 54.0 Å². The molecule has 1 aliphatic rings. The molecule has 0 unspecified atom stereocenters. The Morgan fingerprint density at radius 1 is 1.11 bits per heavy atom. The predicted molar refractivity (Wildman–Crippen MR) is 32.0 cm³/mol. The van der Waals surface area contributed by atoms with Crippen molar-refractivity contribution in [3.63, 3.8) is 0 Å². The zero-order chi connectivity index (χ0) is 6.74. The predicted octanol–water partition coefficient (Wildman–Crippen LogP) is 1.37. The third-order valence-corrected chi connectivity index (χ3v) is 1.53. The van der Waals surface area contributed by atoms with Crippen LogP contribution >= 0.6 is 0 Å². The fraction of sp³-hybridized carbons (Fsp3) is 0.429. The summed E-state index contributed by atoms with van der Waals surface area (Å²) in [6.45, 7) is 0. The molecule has 0 saturated carbocycles. The van der Waals surface area contributed by atoms with Gasteiger partial charge in [0, 0.05) is 0 Å². The molecule has 0 aromatic heterocycles. The molecule has 0 amide bonds. The van der Waals surface area contributed by atoms with Crippen LogP contribution in [-0.2, 0) is 0 Å². The quantitative estimate of drug-likeness (QED) is 0.451. The summed E-state index contributed by atoms with van der Waals surface area (Å²) in [4.78, 5) is 0. The number of hydrogen-bond acceptors (Lipinski definition) is 2. The Morgan fingerprint density at radius 3 is 1.78 bits per heavy atom. The number of allylic oxidation sites excluding steroid dienone is 2. The Balaban J connectivity index is 2.79. The molecule has 0 saturated heterocycles. The topological polar surface area (TPSA) is 47.6 Å². The van der Waals surface area contributed by atoms with E-state index in [2.05, 4.69) is 0 Å². The molecule has 2 heteroatoms. The first-order valence-electron chi connectivity index (χ1n) is 2.80. The fourth-order valence-corrected chi connectivity index (χ4v) is 0.860. The largest absolute Gasteiger partial charge is 0.197 e. The molecule has 0 aliphatic heterocycles. The van der Waals surface area contributed by atoms with E-state index in [4.69, 9.17) is 10.5 Å². The summed E-state index contributed by atoms with van der Waals surface area (Å²) >= 11 is 0. The fourth-order valence-electron chi connectivity index (χ4n) is 0.860. The monoisotopic (exact) mass is 118 g/mol. The van der Waals surface area contributed by atoms with E-state index < -0.39 is 5.41 Å². The highest BCUT2D eigenvalue weighted by Crippen LogP contribution is 2.30. The number of nitrogens with zero attached hydrogens (tertiary/aromatic N) is 2. The molecule has 0 aromatic carbocycles. The van der Waals surface area contributed by atoms with Crippen LogP contribution in [-0.4, -0.2) is 0 Å². The lowest BCUT2D eigenvalue weighted by Crippen LogP contribution is -2.09. The third-order valence-electron chi connectivity index (χ3n) is 1.53. The van der Waals surface area contributed by atoms with Gasteiger partial charge in [0.2, 0.25) is 0 Å². The summed E-state index contributed by atoms with van der Waals surface area (Å²) in [5.41, 5.74) is -0.722. The molecule has 0 atom stereocenters. The van der Waals surface area contributed by atoms with Gasteiger partial charge in [0.05, 0.1) is 12.1 Å². The van der Waals surface area contributed by atoms with Crippen LogP contribution in [0.25, 0.3) is 0 Å². The molecule has 0 bridgehead atoms. The van der Waals surface area contributed by atoms with Gasteiger partial charge in [-0.1, -0.05) is 12.2 Å². The van der Waals surface area contributed by atoms with Crippen LogP contribution in [0.1, 0.15) is 12.8 Å². The molecule has 1 aliphatic carbocycles. The highest BCUT2D eigenvalue weighted by molar-refractivity contribution is 5.22. The highest BCUT2D eigenvalue weighted by Gasteiger charge is 2.30. The van der Waals surface area contributed by atoms with Gasteiger partial charge in [-0.2, -0.15) is 10.5 Å². The van der Waals surface area contributed by atoms with Crippen molar-refractivity contribution in [3.05, 3.63) is 12.2 Å². The lowest BCUT2D eigenvalue weighted by atomic mass is 9.90. The van der Waals surface area contributed by atoms with Crippen LogP contribution in [0.15, 0.2) is 12.2 Å². The molecule has 2 nitrogen and oxygen atoms in total. The Kier molecular flexibility index (Phi) is 1.24. The van der Waals surface area contributed by atoms with E-state index >= 15 is 0 Å². The molecule has 0 heterocycles. The summed E-state index contributed by atoms with van der Waals surface area (Å²) in [6, 6.07) is 4.01.